The zero-order chi connectivity index (χ0) is 20.6. The number of ether oxygens (including phenoxy) is 1. The van der Waals surface area contributed by atoms with Gasteiger partial charge in [-0.25, -0.2) is 9.67 Å². The summed E-state index contributed by atoms with van der Waals surface area (Å²) in [5.74, 6) is 0.864. The molecule has 0 radical (unpaired) electrons. The van der Waals surface area contributed by atoms with Crippen molar-refractivity contribution >= 4 is 27.1 Å². The maximum atomic E-state index is 5.74. The molecule has 0 aliphatic carbocycles. The first-order chi connectivity index (χ1) is 14.8. The third-order valence-electron chi connectivity index (χ3n) is 4.76. The van der Waals surface area contributed by atoms with Gasteiger partial charge in [-0.05, 0) is 40.0 Å². The fraction of sp³-hybridized carbons (Fsp3) is 0.120. The van der Waals surface area contributed by atoms with Crippen LogP contribution in [0.5, 0.6) is 5.75 Å². The molecule has 0 bridgehead atoms. The third kappa shape index (κ3) is 4.86. The Balaban J connectivity index is 1.88. The maximum Gasteiger partial charge on any atom is 0.137 e. The van der Waals surface area contributed by atoms with E-state index in [4.69, 9.17) is 4.74 Å². The van der Waals surface area contributed by atoms with E-state index < -0.39 is 0 Å². The summed E-state index contributed by atoms with van der Waals surface area (Å²) in [5, 5.41) is 5.15. The molecule has 0 fully saturated rings. The first-order valence-electron chi connectivity index (χ1n) is 9.81. The van der Waals surface area contributed by atoms with E-state index in [1.165, 1.54) is 11.1 Å². The Kier molecular flexibility index (Phi) is 6.72. The van der Waals surface area contributed by atoms with E-state index in [0.717, 1.165) is 27.8 Å². The summed E-state index contributed by atoms with van der Waals surface area (Å²) in [5.41, 5.74) is 5.80. The largest absolute Gasteiger partial charge is 0.493 e. The van der Waals surface area contributed by atoms with Crippen molar-refractivity contribution in [1.82, 2.24) is 14.8 Å². The van der Waals surface area contributed by atoms with Crippen molar-refractivity contribution in [3.05, 3.63) is 114 Å². The quantitative estimate of drug-likeness (QED) is 0.250. The van der Waals surface area contributed by atoms with Crippen molar-refractivity contribution in [2.75, 3.05) is 11.9 Å². The van der Waals surface area contributed by atoms with Crippen molar-refractivity contribution in [2.24, 2.45) is 0 Å². The topological polar surface area (TPSA) is 39.9 Å². The number of hydrogen-bond acceptors (Lipinski definition) is 3. The molecule has 4 nitrogen and oxygen atoms in total. The van der Waals surface area contributed by atoms with E-state index in [-0.39, 0.29) is 0 Å². The van der Waals surface area contributed by atoms with Gasteiger partial charge in [-0.1, -0.05) is 88.7 Å². The van der Waals surface area contributed by atoms with Crippen molar-refractivity contribution in [2.45, 2.75) is 6.54 Å². The fourth-order valence-electron chi connectivity index (χ4n) is 3.42. The molecule has 4 rings (SSSR count). The molecule has 4 aromatic rings. The summed E-state index contributed by atoms with van der Waals surface area (Å²) < 4.78 is 7.60. The van der Waals surface area contributed by atoms with Crippen LogP contribution >= 0.6 is 15.9 Å². The Labute approximate surface area is 185 Å². The van der Waals surface area contributed by atoms with Crippen LogP contribution in [-0.2, 0) is 6.54 Å². The SMILES string of the molecule is BrCCOc1ccc(/C(=C(/Cn2cncn2)c2ccccc2)c2ccccc2)cc1. The minimum atomic E-state index is 0.621. The van der Waals surface area contributed by atoms with Crippen LogP contribution in [0.1, 0.15) is 16.7 Å². The lowest BCUT2D eigenvalue weighted by atomic mass is 9.89. The van der Waals surface area contributed by atoms with Crippen LogP contribution in [-0.4, -0.2) is 26.7 Å². The second-order valence-corrected chi connectivity index (χ2v) is 7.53. The highest BCUT2D eigenvalue weighted by atomic mass is 79.9. The van der Waals surface area contributed by atoms with E-state index in [0.29, 0.717) is 13.2 Å². The summed E-state index contributed by atoms with van der Waals surface area (Å²) in [6.45, 7) is 1.26. The molecule has 5 heteroatoms. The Morgan fingerprint density at radius 1 is 0.800 bits per heavy atom. The fourth-order valence-corrected chi connectivity index (χ4v) is 3.59. The number of allylic oxidation sites excluding steroid dienone is 1. The standard InChI is InChI=1S/C25H22BrN3O/c26-15-16-30-23-13-11-22(12-14-23)25(21-9-5-2-6-10-21)24(17-29-19-27-18-28-29)20-7-3-1-4-8-20/h1-14,18-19H,15-17H2/b25-24-. The van der Waals surface area contributed by atoms with Crippen LogP contribution in [0.15, 0.2) is 97.6 Å². The average molecular weight is 460 g/mol. The molecule has 0 saturated carbocycles. The van der Waals surface area contributed by atoms with Gasteiger partial charge in [0, 0.05) is 5.33 Å². The van der Waals surface area contributed by atoms with Gasteiger partial charge in [0.05, 0.1) is 13.2 Å². The first-order valence-corrected chi connectivity index (χ1v) is 10.9. The molecule has 1 heterocycles. The van der Waals surface area contributed by atoms with Gasteiger partial charge in [0.15, 0.2) is 0 Å². The van der Waals surface area contributed by atoms with E-state index in [9.17, 15) is 0 Å². The van der Waals surface area contributed by atoms with E-state index in [2.05, 4.69) is 86.7 Å². The van der Waals surface area contributed by atoms with Gasteiger partial charge >= 0.3 is 0 Å². The zero-order valence-electron chi connectivity index (χ0n) is 16.5. The highest BCUT2D eigenvalue weighted by Gasteiger charge is 2.15. The summed E-state index contributed by atoms with van der Waals surface area (Å²) in [4.78, 5) is 4.12. The van der Waals surface area contributed by atoms with E-state index in [1.807, 2.05) is 28.9 Å². The van der Waals surface area contributed by atoms with Gasteiger partial charge in [0.2, 0.25) is 0 Å². The average Bonchev–Trinajstić information content (AvgIpc) is 3.33. The first kappa shape index (κ1) is 20.1. The summed E-state index contributed by atoms with van der Waals surface area (Å²) in [7, 11) is 0. The van der Waals surface area contributed by atoms with Gasteiger partial charge in [0.25, 0.3) is 0 Å². The normalized spacial score (nSPS) is 11.8. The molecule has 3 aromatic carbocycles. The number of benzene rings is 3. The summed E-state index contributed by atoms with van der Waals surface area (Å²) >= 11 is 3.40. The lowest BCUT2D eigenvalue weighted by molar-refractivity contribution is 0.345. The molecular weight excluding hydrogens is 438 g/mol. The van der Waals surface area contributed by atoms with Gasteiger partial charge in [0.1, 0.15) is 18.4 Å². The Morgan fingerprint density at radius 2 is 1.43 bits per heavy atom. The summed E-state index contributed by atoms with van der Waals surface area (Å²) in [6, 6.07) is 29.2. The second-order valence-electron chi connectivity index (χ2n) is 6.74. The number of rotatable bonds is 8. The molecular formula is C25H22BrN3O. The zero-order valence-corrected chi connectivity index (χ0v) is 18.1. The van der Waals surface area contributed by atoms with Gasteiger partial charge in [-0.15, -0.1) is 0 Å². The lowest BCUT2D eigenvalue weighted by Crippen LogP contribution is -2.05. The molecule has 150 valence electrons. The molecule has 0 spiro atoms. The molecule has 0 N–H and O–H groups in total. The van der Waals surface area contributed by atoms with Crippen LogP contribution in [0.25, 0.3) is 11.1 Å². The van der Waals surface area contributed by atoms with Gasteiger partial charge in [-0.2, -0.15) is 5.10 Å². The van der Waals surface area contributed by atoms with Crippen LogP contribution in [0.2, 0.25) is 0 Å². The van der Waals surface area contributed by atoms with Crippen molar-refractivity contribution in [1.29, 1.82) is 0 Å². The highest BCUT2D eigenvalue weighted by Crippen LogP contribution is 2.34. The lowest BCUT2D eigenvalue weighted by Gasteiger charge is -2.18. The maximum absolute atomic E-state index is 5.74. The number of nitrogens with zero attached hydrogens (tertiary/aromatic N) is 3. The van der Waals surface area contributed by atoms with Crippen LogP contribution in [0.4, 0.5) is 0 Å². The Bertz CT molecular complexity index is 1080. The molecule has 0 amide bonds. The highest BCUT2D eigenvalue weighted by molar-refractivity contribution is 9.09. The van der Waals surface area contributed by atoms with Gasteiger partial charge in [-0.3, -0.25) is 0 Å². The third-order valence-corrected chi connectivity index (χ3v) is 5.09. The smallest absolute Gasteiger partial charge is 0.137 e. The predicted octanol–water partition coefficient (Wildman–Crippen LogP) is 5.71. The van der Waals surface area contributed by atoms with Crippen molar-refractivity contribution in [3.63, 3.8) is 0 Å². The molecule has 0 unspecified atom stereocenters. The van der Waals surface area contributed by atoms with Crippen molar-refractivity contribution in [3.8, 4) is 5.75 Å². The minimum absolute atomic E-state index is 0.621. The van der Waals surface area contributed by atoms with Gasteiger partial charge < -0.3 is 4.74 Å². The van der Waals surface area contributed by atoms with Crippen LogP contribution in [0, 0.1) is 0 Å². The second kappa shape index (κ2) is 10.0. The summed E-state index contributed by atoms with van der Waals surface area (Å²) in [6.07, 6.45) is 3.32. The monoisotopic (exact) mass is 459 g/mol. The van der Waals surface area contributed by atoms with E-state index in [1.54, 1.807) is 12.7 Å². The molecule has 0 saturated heterocycles. The molecule has 1 aromatic heterocycles. The minimum Gasteiger partial charge on any atom is -0.493 e. The molecule has 30 heavy (non-hydrogen) atoms. The number of alkyl halides is 1. The number of hydrogen-bond donors (Lipinski definition) is 0. The molecule has 0 aliphatic rings. The molecule has 0 aliphatic heterocycles. The Hall–Kier alpha value is -3.18. The van der Waals surface area contributed by atoms with Crippen LogP contribution in [0.3, 0.4) is 0 Å². The van der Waals surface area contributed by atoms with Crippen molar-refractivity contribution < 1.29 is 4.74 Å². The number of halogens is 1. The molecule has 0 atom stereocenters. The van der Waals surface area contributed by atoms with Crippen LogP contribution < -0.4 is 4.74 Å². The Morgan fingerprint density at radius 3 is 2.03 bits per heavy atom. The van der Waals surface area contributed by atoms with E-state index >= 15 is 0 Å². The number of aromatic nitrogens is 3. The predicted molar refractivity (Wildman–Crippen MR) is 125 cm³/mol.